The highest BCUT2D eigenvalue weighted by atomic mass is 32.2. The summed E-state index contributed by atoms with van der Waals surface area (Å²) in [5.74, 6) is -0.126. The first kappa shape index (κ1) is 21.2. The van der Waals surface area contributed by atoms with Crippen LogP contribution in [0, 0.1) is 5.82 Å². The summed E-state index contributed by atoms with van der Waals surface area (Å²) >= 11 is 0. The number of nitrogens with one attached hydrogen (secondary N) is 1. The van der Waals surface area contributed by atoms with Gasteiger partial charge in [0, 0.05) is 37.9 Å². The van der Waals surface area contributed by atoms with E-state index < -0.39 is 21.9 Å². The van der Waals surface area contributed by atoms with Crippen LogP contribution in [0.25, 0.3) is 0 Å². The van der Waals surface area contributed by atoms with Crippen LogP contribution in [0.1, 0.15) is 6.92 Å². The van der Waals surface area contributed by atoms with Crippen molar-refractivity contribution in [2.45, 2.75) is 17.9 Å². The first-order valence-corrected chi connectivity index (χ1v) is 10.7. The Labute approximate surface area is 170 Å². The fourth-order valence-electron chi connectivity index (χ4n) is 3.22. The minimum Gasteiger partial charge on any atom is -0.497 e. The highest BCUT2D eigenvalue weighted by molar-refractivity contribution is 7.89. The van der Waals surface area contributed by atoms with Crippen LogP contribution in [-0.2, 0) is 14.8 Å². The molecule has 0 aromatic heterocycles. The Hall–Kier alpha value is -2.49. The van der Waals surface area contributed by atoms with Crippen LogP contribution in [0.2, 0.25) is 0 Å². The number of sulfonamides is 1. The molecular formula is C20H24FN3O4S. The number of carbonyl (C=O) groups excluding carboxylic acids is 1. The van der Waals surface area contributed by atoms with Crippen molar-refractivity contribution in [1.82, 2.24) is 9.21 Å². The molecule has 1 heterocycles. The number of halogens is 1. The Bertz CT molecular complexity index is 975. The molecule has 156 valence electrons. The van der Waals surface area contributed by atoms with E-state index in [0.29, 0.717) is 24.5 Å². The van der Waals surface area contributed by atoms with E-state index in [2.05, 4.69) is 5.32 Å². The monoisotopic (exact) mass is 421 g/mol. The minimum absolute atomic E-state index is 0.0604. The maximum atomic E-state index is 13.4. The van der Waals surface area contributed by atoms with Crippen molar-refractivity contribution in [1.29, 1.82) is 0 Å². The van der Waals surface area contributed by atoms with Gasteiger partial charge in [0.15, 0.2) is 0 Å². The van der Waals surface area contributed by atoms with Crippen LogP contribution >= 0.6 is 0 Å². The number of rotatable bonds is 6. The molecule has 2 aromatic carbocycles. The lowest BCUT2D eigenvalue weighted by molar-refractivity contribution is -0.121. The average Bonchev–Trinajstić information content (AvgIpc) is 2.73. The third-order valence-corrected chi connectivity index (χ3v) is 6.87. The second-order valence-corrected chi connectivity index (χ2v) is 8.73. The molecule has 9 heteroatoms. The number of ether oxygens (including phenoxy) is 1. The minimum atomic E-state index is -3.76. The van der Waals surface area contributed by atoms with Crippen LogP contribution in [0.4, 0.5) is 10.1 Å². The summed E-state index contributed by atoms with van der Waals surface area (Å²) in [6.45, 7) is 3.06. The number of methoxy groups -OCH3 is 1. The molecule has 29 heavy (non-hydrogen) atoms. The van der Waals surface area contributed by atoms with Crippen LogP contribution in [0.5, 0.6) is 5.75 Å². The molecule has 1 atom stereocenters. The topological polar surface area (TPSA) is 79.0 Å². The van der Waals surface area contributed by atoms with Gasteiger partial charge in [0.1, 0.15) is 11.6 Å². The first-order chi connectivity index (χ1) is 13.8. The van der Waals surface area contributed by atoms with Gasteiger partial charge in [-0.1, -0.05) is 12.1 Å². The van der Waals surface area contributed by atoms with Crippen molar-refractivity contribution in [3.63, 3.8) is 0 Å². The molecule has 1 aliphatic rings. The van der Waals surface area contributed by atoms with E-state index in [4.69, 9.17) is 4.74 Å². The molecule has 1 aliphatic heterocycles. The van der Waals surface area contributed by atoms with Gasteiger partial charge in [-0.05, 0) is 37.3 Å². The predicted octanol–water partition coefficient (Wildman–Crippen LogP) is 2.17. The van der Waals surface area contributed by atoms with Crippen molar-refractivity contribution in [3.05, 3.63) is 54.3 Å². The van der Waals surface area contributed by atoms with Gasteiger partial charge in [-0.3, -0.25) is 9.69 Å². The highest BCUT2D eigenvalue weighted by Gasteiger charge is 2.32. The summed E-state index contributed by atoms with van der Waals surface area (Å²) in [6, 6.07) is 11.6. The molecule has 0 unspecified atom stereocenters. The van der Waals surface area contributed by atoms with Gasteiger partial charge in [-0.15, -0.1) is 0 Å². The van der Waals surface area contributed by atoms with Gasteiger partial charge >= 0.3 is 0 Å². The molecular weight excluding hydrogens is 397 g/mol. The van der Waals surface area contributed by atoms with Crippen LogP contribution < -0.4 is 10.1 Å². The zero-order chi connectivity index (χ0) is 21.0. The molecule has 0 spiro atoms. The maximum absolute atomic E-state index is 13.4. The largest absolute Gasteiger partial charge is 0.497 e. The fraction of sp³-hybridized carbons (Fsp3) is 0.350. The van der Waals surface area contributed by atoms with E-state index in [0.717, 1.165) is 6.07 Å². The highest BCUT2D eigenvalue weighted by Crippen LogP contribution is 2.20. The summed E-state index contributed by atoms with van der Waals surface area (Å²) in [4.78, 5) is 14.4. The van der Waals surface area contributed by atoms with E-state index in [9.17, 15) is 17.6 Å². The van der Waals surface area contributed by atoms with Gasteiger partial charge in [0.05, 0.1) is 18.0 Å². The molecule has 3 rings (SSSR count). The Morgan fingerprint density at radius 3 is 2.45 bits per heavy atom. The maximum Gasteiger partial charge on any atom is 0.243 e. The van der Waals surface area contributed by atoms with Gasteiger partial charge < -0.3 is 10.1 Å². The van der Waals surface area contributed by atoms with Crippen molar-refractivity contribution >= 4 is 21.6 Å². The van der Waals surface area contributed by atoms with Crippen LogP contribution in [0.15, 0.2) is 53.4 Å². The standard InChI is InChI=1S/C20H24FN3O4S/c1-15(20(25)22-17-6-4-7-18(14-17)28-2)23-9-11-24(12-10-23)29(26,27)19-8-3-5-16(21)13-19/h3-8,13-15H,9-12H2,1-2H3,(H,22,25)/t15-/m0/s1. The Kier molecular flexibility index (Phi) is 6.51. The fourth-order valence-corrected chi connectivity index (χ4v) is 4.68. The van der Waals surface area contributed by atoms with Gasteiger partial charge in [0.25, 0.3) is 0 Å². The van der Waals surface area contributed by atoms with Crippen molar-refractivity contribution in [2.24, 2.45) is 0 Å². The quantitative estimate of drug-likeness (QED) is 0.773. The Morgan fingerprint density at radius 2 is 1.79 bits per heavy atom. The first-order valence-electron chi connectivity index (χ1n) is 9.26. The lowest BCUT2D eigenvalue weighted by Crippen LogP contribution is -2.53. The second kappa shape index (κ2) is 8.89. The summed E-state index contributed by atoms with van der Waals surface area (Å²) in [5.41, 5.74) is 0.633. The van der Waals surface area contributed by atoms with Crippen molar-refractivity contribution in [2.75, 3.05) is 38.6 Å². The summed E-state index contributed by atoms with van der Waals surface area (Å²) in [6.07, 6.45) is 0. The number of hydrogen-bond acceptors (Lipinski definition) is 5. The van der Waals surface area contributed by atoms with Gasteiger partial charge in [-0.2, -0.15) is 4.31 Å². The second-order valence-electron chi connectivity index (χ2n) is 6.79. The molecule has 1 saturated heterocycles. The number of amides is 1. The molecule has 0 saturated carbocycles. The molecule has 0 radical (unpaired) electrons. The summed E-state index contributed by atoms with van der Waals surface area (Å²) in [5, 5.41) is 2.85. The molecule has 0 bridgehead atoms. The summed E-state index contributed by atoms with van der Waals surface area (Å²) < 4.78 is 45.3. The molecule has 0 aliphatic carbocycles. The van der Waals surface area contributed by atoms with E-state index in [1.165, 1.54) is 22.5 Å². The van der Waals surface area contributed by atoms with Crippen LogP contribution in [0.3, 0.4) is 0 Å². The number of hydrogen-bond donors (Lipinski definition) is 1. The molecule has 2 aromatic rings. The summed E-state index contributed by atoms with van der Waals surface area (Å²) in [7, 11) is -2.20. The lowest BCUT2D eigenvalue weighted by Gasteiger charge is -2.36. The van der Waals surface area contributed by atoms with Gasteiger partial charge in [0.2, 0.25) is 15.9 Å². The molecule has 1 N–H and O–H groups in total. The lowest BCUT2D eigenvalue weighted by atomic mass is 10.2. The normalized spacial score (nSPS) is 16.9. The predicted molar refractivity (Wildman–Crippen MR) is 108 cm³/mol. The average molecular weight is 421 g/mol. The number of carbonyl (C=O) groups is 1. The zero-order valence-corrected chi connectivity index (χ0v) is 17.2. The van der Waals surface area contributed by atoms with E-state index in [-0.39, 0.29) is 23.9 Å². The SMILES string of the molecule is COc1cccc(NC(=O)[C@H](C)N2CCN(S(=O)(=O)c3cccc(F)c3)CC2)c1. The van der Waals surface area contributed by atoms with E-state index in [1.54, 1.807) is 38.3 Å². The Morgan fingerprint density at radius 1 is 1.10 bits per heavy atom. The van der Waals surface area contributed by atoms with E-state index in [1.807, 2.05) is 4.90 Å². The molecule has 1 amide bonds. The number of nitrogens with zero attached hydrogens (tertiary/aromatic N) is 2. The number of piperazine rings is 1. The molecule has 1 fully saturated rings. The smallest absolute Gasteiger partial charge is 0.243 e. The Balaban J connectivity index is 1.60. The third kappa shape index (κ3) is 4.92. The van der Waals surface area contributed by atoms with Crippen LogP contribution in [-0.4, -0.2) is 62.9 Å². The van der Waals surface area contributed by atoms with E-state index >= 15 is 0 Å². The zero-order valence-electron chi connectivity index (χ0n) is 16.3. The molecule has 7 nitrogen and oxygen atoms in total. The number of benzene rings is 2. The third-order valence-electron chi connectivity index (χ3n) is 4.97. The van der Waals surface area contributed by atoms with Crippen molar-refractivity contribution in [3.8, 4) is 5.75 Å². The van der Waals surface area contributed by atoms with Crippen molar-refractivity contribution < 1.29 is 22.3 Å². The van der Waals surface area contributed by atoms with Gasteiger partial charge in [-0.25, -0.2) is 12.8 Å². The number of anilines is 1.